The van der Waals surface area contributed by atoms with E-state index in [0.717, 1.165) is 5.75 Å². The van der Waals surface area contributed by atoms with Crippen LogP contribution in [0.25, 0.3) is 0 Å². The lowest BCUT2D eigenvalue weighted by molar-refractivity contribution is -0.144. The van der Waals surface area contributed by atoms with Gasteiger partial charge in [-0.3, -0.25) is 14.4 Å². The number of carbonyl (C=O) groups is 3. The lowest BCUT2D eigenvalue weighted by Crippen LogP contribution is -2.19. The second-order valence-electron chi connectivity index (χ2n) is 5.81. The Labute approximate surface area is 164 Å². The van der Waals surface area contributed by atoms with Crippen molar-refractivity contribution in [3.63, 3.8) is 0 Å². The van der Waals surface area contributed by atoms with Gasteiger partial charge in [-0.25, -0.2) is 0 Å². The molecule has 0 heterocycles. The van der Waals surface area contributed by atoms with Crippen molar-refractivity contribution in [3.8, 4) is 5.75 Å². The summed E-state index contributed by atoms with van der Waals surface area (Å²) in [6, 6.07) is 13.7. The molecule has 7 heteroatoms. The summed E-state index contributed by atoms with van der Waals surface area (Å²) in [5.41, 5.74) is 1.30. The number of esters is 1. The molecule has 28 heavy (non-hydrogen) atoms. The fourth-order valence-electron chi connectivity index (χ4n) is 2.45. The van der Waals surface area contributed by atoms with E-state index in [-0.39, 0.29) is 31.3 Å². The highest BCUT2D eigenvalue weighted by molar-refractivity contribution is 6.10. The highest BCUT2D eigenvalue weighted by atomic mass is 16.5. The first-order valence-electron chi connectivity index (χ1n) is 9.12. The molecule has 0 spiro atoms. The van der Waals surface area contributed by atoms with Crippen LogP contribution in [-0.2, 0) is 14.3 Å². The van der Waals surface area contributed by atoms with E-state index in [1.54, 1.807) is 55.5 Å². The van der Waals surface area contributed by atoms with Crippen LogP contribution in [0.3, 0.4) is 0 Å². The van der Waals surface area contributed by atoms with Crippen molar-refractivity contribution in [2.45, 2.75) is 26.7 Å². The zero-order valence-electron chi connectivity index (χ0n) is 16.0. The van der Waals surface area contributed by atoms with E-state index in [2.05, 4.69) is 10.6 Å². The molecule has 0 atom stereocenters. The van der Waals surface area contributed by atoms with E-state index < -0.39 is 5.97 Å². The van der Waals surface area contributed by atoms with Gasteiger partial charge in [0.25, 0.3) is 5.91 Å². The Morgan fingerprint density at radius 2 is 1.57 bits per heavy atom. The zero-order chi connectivity index (χ0) is 20.4. The van der Waals surface area contributed by atoms with Crippen LogP contribution in [0.5, 0.6) is 5.75 Å². The van der Waals surface area contributed by atoms with Crippen molar-refractivity contribution in [1.29, 1.82) is 0 Å². The zero-order valence-corrected chi connectivity index (χ0v) is 16.0. The van der Waals surface area contributed by atoms with Crippen LogP contribution in [0.1, 0.15) is 37.0 Å². The highest BCUT2D eigenvalue weighted by Gasteiger charge is 2.14. The lowest BCUT2D eigenvalue weighted by atomic mass is 10.1. The van der Waals surface area contributed by atoms with Crippen LogP contribution in [-0.4, -0.2) is 31.0 Å². The molecule has 2 aromatic carbocycles. The Morgan fingerprint density at radius 3 is 2.25 bits per heavy atom. The molecule has 0 unspecified atom stereocenters. The standard InChI is InChI=1S/C21H24N2O5/c1-3-27-16-11-9-15(10-12-16)22-21(26)17-7-5-6-8-18(17)23-19(24)13-14-20(25)28-4-2/h5-12H,3-4,13-14H2,1-2H3,(H,22,26)(H,23,24). The summed E-state index contributed by atoms with van der Waals surface area (Å²) in [7, 11) is 0. The quantitative estimate of drug-likeness (QED) is 0.644. The maximum atomic E-state index is 12.6. The van der Waals surface area contributed by atoms with Gasteiger partial charge in [0, 0.05) is 12.1 Å². The third kappa shape index (κ3) is 6.42. The predicted octanol–water partition coefficient (Wildman–Crippen LogP) is 3.62. The lowest BCUT2D eigenvalue weighted by Gasteiger charge is -2.12. The van der Waals surface area contributed by atoms with Gasteiger partial charge >= 0.3 is 5.97 Å². The fourth-order valence-corrected chi connectivity index (χ4v) is 2.45. The van der Waals surface area contributed by atoms with Crippen molar-refractivity contribution >= 4 is 29.2 Å². The number of amides is 2. The maximum Gasteiger partial charge on any atom is 0.306 e. The maximum absolute atomic E-state index is 12.6. The summed E-state index contributed by atoms with van der Waals surface area (Å²) >= 11 is 0. The Balaban J connectivity index is 2.00. The number of para-hydroxylation sites is 1. The number of ether oxygens (including phenoxy) is 2. The third-order valence-corrected chi connectivity index (χ3v) is 3.73. The van der Waals surface area contributed by atoms with Gasteiger partial charge in [0.05, 0.1) is 30.9 Å². The summed E-state index contributed by atoms with van der Waals surface area (Å²) in [5.74, 6) is -0.436. The topological polar surface area (TPSA) is 93.7 Å². The Morgan fingerprint density at radius 1 is 0.857 bits per heavy atom. The van der Waals surface area contributed by atoms with E-state index >= 15 is 0 Å². The van der Waals surface area contributed by atoms with E-state index in [4.69, 9.17) is 9.47 Å². The van der Waals surface area contributed by atoms with Crippen molar-refractivity contribution in [3.05, 3.63) is 54.1 Å². The molecule has 2 N–H and O–H groups in total. The molecule has 2 amide bonds. The molecule has 0 aliphatic carbocycles. The predicted molar refractivity (Wildman–Crippen MR) is 107 cm³/mol. The molecule has 148 valence electrons. The number of hydrogen-bond acceptors (Lipinski definition) is 5. The third-order valence-electron chi connectivity index (χ3n) is 3.73. The van der Waals surface area contributed by atoms with Gasteiger partial charge in [-0.15, -0.1) is 0 Å². The summed E-state index contributed by atoms with van der Waals surface area (Å²) in [4.78, 5) is 36.1. The van der Waals surface area contributed by atoms with Gasteiger partial charge in [-0.1, -0.05) is 12.1 Å². The fraction of sp³-hybridized carbons (Fsp3) is 0.286. The summed E-state index contributed by atoms with van der Waals surface area (Å²) < 4.78 is 10.2. The molecular weight excluding hydrogens is 360 g/mol. The first kappa shape index (κ1) is 21.0. The number of nitrogens with one attached hydrogen (secondary N) is 2. The van der Waals surface area contributed by atoms with Crippen LogP contribution in [0.2, 0.25) is 0 Å². The monoisotopic (exact) mass is 384 g/mol. The molecule has 0 saturated carbocycles. The van der Waals surface area contributed by atoms with Gasteiger partial charge < -0.3 is 20.1 Å². The SMILES string of the molecule is CCOC(=O)CCC(=O)Nc1ccccc1C(=O)Nc1ccc(OCC)cc1. The largest absolute Gasteiger partial charge is 0.494 e. The Hall–Kier alpha value is -3.35. The molecule has 0 aliphatic rings. The molecule has 2 rings (SSSR count). The smallest absolute Gasteiger partial charge is 0.306 e. The van der Waals surface area contributed by atoms with Crippen LogP contribution in [0, 0.1) is 0 Å². The number of rotatable bonds is 9. The van der Waals surface area contributed by atoms with Crippen LogP contribution < -0.4 is 15.4 Å². The Kier molecular flexibility index (Phi) is 8.02. The second kappa shape index (κ2) is 10.7. The van der Waals surface area contributed by atoms with E-state index in [1.165, 1.54) is 0 Å². The van der Waals surface area contributed by atoms with E-state index in [1.807, 2.05) is 6.92 Å². The van der Waals surface area contributed by atoms with Crippen molar-refractivity contribution < 1.29 is 23.9 Å². The van der Waals surface area contributed by atoms with Gasteiger partial charge in [-0.2, -0.15) is 0 Å². The van der Waals surface area contributed by atoms with Gasteiger partial charge in [0.2, 0.25) is 5.91 Å². The normalized spacial score (nSPS) is 10.1. The van der Waals surface area contributed by atoms with Gasteiger partial charge in [-0.05, 0) is 50.2 Å². The molecule has 0 radical (unpaired) electrons. The summed E-state index contributed by atoms with van der Waals surface area (Å²) in [5, 5.41) is 5.46. The molecule has 0 saturated heterocycles. The first-order valence-corrected chi connectivity index (χ1v) is 9.12. The minimum Gasteiger partial charge on any atom is -0.494 e. The average Bonchev–Trinajstić information content (AvgIpc) is 2.69. The van der Waals surface area contributed by atoms with Crippen molar-refractivity contribution in [2.75, 3.05) is 23.8 Å². The number of benzene rings is 2. The number of hydrogen-bond donors (Lipinski definition) is 2. The van der Waals surface area contributed by atoms with Crippen LogP contribution in [0.4, 0.5) is 11.4 Å². The molecule has 0 fully saturated rings. The molecule has 7 nitrogen and oxygen atoms in total. The van der Waals surface area contributed by atoms with Crippen LogP contribution >= 0.6 is 0 Å². The van der Waals surface area contributed by atoms with Crippen molar-refractivity contribution in [1.82, 2.24) is 0 Å². The minimum absolute atomic E-state index is 0.0137. The molecule has 0 aromatic heterocycles. The molecule has 0 bridgehead atoms. The molecular formula is C21H24N2O5. The number of anilines is 2. The van der Waals surface area contributed by atoms with Gasteiger partial charge in [0.1, 0.15) is 5.75 Å². The second-order valence-corrected chi connectivity index (χ2v) is 5.81. The van der Waals surface area contributed by atoms with Crippen LogP contribution in [0.15, 0.2) is 48.5 Å². The van der Waals surface area contributed by atoms with E-state index in [0.29, 0.717) is 23.5 Å². The Bertz CT molecular complexity index is 818. The van der Waals surface area contributed by atoms with E-state index in [9.17, 15) is 14.4 Å². The molecule has 2 aromatic rings. The average molecular weight is 384 g/mol. The highest BCUT2D eigenvalue weighted by Crippen LogP contribution is 2.20. The summed E-state index contributed by atoms with van der Waals surface area (Å²) in [6.45, 7) is 4.44. The van der Waals surface area contributed by atoms with Gasteiger partial charge in [0.15, 0.2) is 0 Å². The van der Waals surface area contributed by atoms with Crippen molar-refractivity contribution in [2.24, 2.45) is 0 Å². The summed E-state index contributed by atoms with van der Waals surface area (Å²) in [6.07, 6.45) is -0.0338. The first-order chi connectivity index (χ1) is 13.5. The minimum atomic E-state index is -0.431. The number of carbonyl (C=O) groups excluding carboxylic acids is 3. The molecule has 0 aliphatic heterocycles.